The number of hydrogen-bond acceptors (Lipinski definition) is 4. The molecule has 0 unspecified atom stereocenters. The van der Waals surface area contributed by atoms with Crippen LogP contribution in [0.15, 0.2) is 24.0 Å². The van der Waals surface area contributed by atoms with Gasteiger partial charge in [0.05, 0.1) is 18.2 Å². The molecule has 1 aromatic rings. The number of esters is 1. The average Bonchev–Trinajstić information content (AvgIpc) is 2.52. The molecule has 0 aliphatic heterocycles. The summed E-state index contributed by atoms with van der Waals surface area (Å²) in [5.74, 6) is -4.23. The van der Waals surface area contributed by atoms with E-state index in [4.69, 9.17) is 21.1 Å². The first kappa shape index (κ1) is 19.1. The van der Waals surface area contributed by atoms with Gasteiger partial charge in [-0.3, -0.25) is 4.79 Å². The quantitative estimate of drug-likeness (QED) is 0.104. The summed E-state index contributed by atoms with van der Waals surface area (Å²) >= 11 is 5.76. The van der Waals surface area contributed by atoms with E-state index in [1.807, 2.05) is 6.92 Å². The molecule has 0 spiro atoms. The van der Waals surface area contributed by atoms with E-state index in [1.165, 1.54) is 0 Å². The zero-order valence-electron chi connectivity index (χ0n) is 12.8. The number of carbonyl (C=O) groups excluding carboxylic acids is 2. The maximum absolute atomic E-state index is 13.3. The highest BCUT2D eigenvalue weighted by atomic mass is 35.5. The van der Waals surface area contributed by atoms with Crippen LogP contribution in [-0.4, -0.2) is 25.0 Å². The monoisotopic (exact) mass is 346 g/mol. The van der Waals surface area contributed by atoms with Crippen LogP contribution in [0.25, 0.3) is 0 Å². The van der Waals surface area contributed by atoms with Crippen LogP contribution in [-0.2, 0) is 14.3 Å². The first-order valence-electron chi connectivity index (χ1n) is 7.10. The van der Waals surface area contributed by atoms with Crippen molar-refractivity contribution in [3.63, 3.8) is 0 Å². The molecule has 0 saturated carbocycles. The van der Waals surface area contributed by atoms with Crippen LogP contribution in [0, 0.1) is 11.6 Å². The molecule has 0 heterocycles. The minimum Gasteiger partial charge on any atom is -0.500 e. The van der Waals surface area contributed by atoms with Gasteiger partial charge in [0.1, 0.15) is 11.8 Å². The Hall–Kier alpha value is -1.95. The van der Waals surface area contributed by atoms with Gasteiger partial charge in [-0.25, -0.2) is 13.6 Å². The van der Waals surface area contributed by atoms with E-state index >= 15 is 0 Å². The summed E-state index contributed by atoms with van der Waals surface area (Å²) in [6, 6.07) is 1.31. The predicted molar refractivity (Wildman–Crippen MR) is 81.3 cm³/mol. The second-order valence-corrected chi connectivity index (χ2v) is 5.02. The summed E-state index contributed by atoms with van der Waals surface area (Å²) in [7, 11) is 0. The van der Waals surface area contributed by atoms with Crippen molar-refractivity contribution in [1.29, 1.82) is 0 Å². The van der Waals surface area contributed by atoms with E-state index in [-0.39, 0.29) is 23.8 Å². The largest absolute Gasteiger partial charge is 0.500 e. The molecule has 7 heteroatoms. The molecule has 0 fully saturated rings. The molecule has 0 N–H and O–H groups in total. The van der Waals surface area contributed by atoms with Crippen LogP contribution in [0.2, 0.25) is 5.02 Å². The molecular weight excluding hydrogens is 330 g/mol. The fourth-order valence-electron chi connectivity index (χ4n) is 1.57. The molecule has 0 bridgehead atoms. The van der Waals surface area contributed by atoms with Crippen LogP contribution >= 0.6 is 11.6 Å². The summed E-state index contributed by atoms with van der Waals surface area (Å²) in [4.78, 5) is 24.4. The molecule has 126 valence electrons. The van der Waals surface area contributed by atoms with Crippen LogP contribution < -0.4 is 0 Å². The lowest BCUT2D eigenvalue weighted by Crippen LogP contribution is -2.18. The standard InChI is InChI=1S/C16H17ClF2O4/c1-3-5-22-9-11(16(21)23-6-4-2)15(20)10-7-13(18)14(19)8-12(10)17/h7-9H,3-6H2,1-2H3/b11-9-. The van der Waals surface area contributed by atoms with Gasteiger partial charge in [-0.1, -0.05) is 25.4 Å². The topological polar surface area (TPSA) is 52.6 Å². The van der Waals surface area contributed by atoms with E-state index in [0.717, 1.165) is 6.26 Å². The fraction of sp³-hybridized carbons (Fsp3) is 0.375. The number of benzene rings is 1. The number of Topliss-reactive ketones (excluding diaryl/α,β-unsaturated/α-hetero) is 1. The number of rotatable bonds is 8. The molecular formula is C16H17ClF2O4. The van der Waals surface area contributed by atoms with Crippen molar-refractivity contribution in [2.45, 2.75) is 26.7 Å². The molecule has 1 rings (SSSR count). The van der Waals surface area contributed by atoms with E-state index in [2.05, 4.69) is 0 Å². The first-order valence-corrected chi connectivity index (χ1v) is 7.48. The second kappa shape index (κ2) is 9.25. The van der Waals surface area contributed by atoms with Gasteiger partial charge in [-0.05, 0) is 25.0 Å². The fourth-order valence-corrected chi connectivity index (χ4v) is 1.80. The lowest BCUT2D eigenvalue weighted by Gasteiger charge is -2.09. The highest BCUT2D eigenvalue weighted by molar-refractivity contribution is 6.36. The zero-order chi connectivity index (χ0) is 17.4. The molecule has 0 radical (unpaired) electrons. The molecule has 0 atom stereocenters. The third-order valence-corrected chi connectivity index (χ3v) is 2.99. The van der Waals surface area contributed by atoms with Gasteiger partial charge in [0.25, 0.3) is 0 Å². The third-order valence-electron chi connectivity index (χ3n) is 2.68. The van der Waals surface area contributed by atoms with E-state index < -0.39 is 29.0 Å². The summed E-state index contributed by atoms with van der Waals surface area (Å²) < 4.78 is 36.4. The van der Waals surface area contributed by atoms with Crippen molar-refractivity contribution in [3.8, 4) is 0 Å². The highest BCUT2D eigenvalue weighted by Gasteiger charge is 2.25. The minimum absolute atomic E-state index is 0.114. The Morgan fingerprint density at radius 2 is 1.74 bits per heavy atom. The Labute approximate surface area is 138 Å². The number of carbonyl (C=O) groups is 2. The third kappa shape index (κ3) is 5.32. The van der Waals surface area contributed by atoms with Gasteiger partial charge >= 0.3 is 5.97 Å². The second-order valence-electron chi connectivity index (χ2n) is 4.61. The minimum atomic E-state index is -1.24. The Bertz CT molecular complexity index is 614. The molecule has 0 saturated heterocycles. The van der Waals surface area contributed by atoms with E-state index in [9.17, 15) is 18.4 Å². The average molecular weight is 347 g/mol. The van der Waals surface area contributed by atoms with Crippen molar-refractivity contribution in [3.05, 3.63) is 46.2 Å². The molecule has 4 nitrogen and oxygen atoms in total. The Morgan fingerprint density at radius 1 is 1.13 bits per heavy atom. The van der Waals surface area contributed by atoms with E-state index in [1.54, 1.807) is 6.92 Å². The Morgan fingerprint density at radius 3 is 2.35 bits per heavy atom. The lowest BCUT2D eigenvalue weighted by molar-refractivity contribution is -0.138. The van der Waals surface area contributed by atoms with Gasteiger partial charge in [0, 0.05) is 5.56 Å². The van der Waals surface area contributed by atoms with Gasteiger partial charge < -0.3 is 9.47 Å². The number of ketones is 1. The van der Waals surface area contributed by atoms with Crippen LogP contribution in [0.1, 0.15) is 37.0 Å². The van der Waals surface area contributed by atoms with Crippen LogP contribution in [0.5, 0.6) is 0 Å². The summed E-state index contributed by atoms with van der Waals surface area (Å²) in [6.45, 7) is 4.03. The SMILES string of the molecule is CCCO/C=C(\C(=O)OCCC)C(=O)c1cc(F)c(F)cc1Cl. The maximum atomic E-state index is 13.3. The summed E-state index contributed by atoms with van der Waals surface area (Å²) in [5, 5.41) is -0.307. The zero-order valence-corrected chi connectivity index (χ0v) is 13.6. The maximum Gasteiger partial charge on any atom is 0.345 e. The van der Waals surface area contributed by atoms with Gasteiger partial charge in [0.15, 0.2) is 11.6 Å². The normalized spacial score (nSPS) is 11.3. The molecule has 0 aliphatic rings. The van der Waals surface area contributed by atoms with Crippen molar-refractivity contribution >= 4 is 23.4 Å². The van der Waals surface area contributed by atoms with E-state index in [0.29, 0.717) is 25.0 Å². The molecule has 0 aliphatic carbocycles. The molecule has 0 aromatic heterocycles. The number of halogens is 3. The van der Waals surface area contributed by atoms with Gasteiger partial charge in [0.2, 0.25) is 5.78 Å². The molecule has 23 heavy (non-hydrogen) atoms. The number of ether oxygens (including phenoxy) is 2. The Kier molecular flexibility index (Phi) is 7.68. The van der Waals surface area contributed by atoms with Crippen molar-refractivity contribution in [1.82, 2.24) is 0 Å². The summed E-state index contributed by atoms with van der Waals surface area (Å²) in [6.07, 6.45) is 2.18. The van der Waals surface area contributed by atoms with Gasteiger partial charge in [-0.15, -0.1) is 0 Å². The molecule has 1 aromatic carbocycles. The predicted octanol–water partition coefficient (Wildman–Crippen LogP) is 4.06. The van der Waals surface area contributed by atoms with Crippen molar-refractivity contribution < 1.29 is 27.8 Å². The van der Waals surface area contributed by atoms with Crippen LogP contribution in [0.4, 0.5) is 8.78 Å². The smallest absolute Gasteiger partial charge is 0.345 e. The highest BCUT2D eigenvalue weighted by Crippen LogP contribution is 2.23. The lowest BCUT2D eigenvalue weighted by atomic mass is 10.0. The van der Waals surface area contributed by atoms with Crippen molar-refractivity contribution in [2.75, 3.05) is 13.2 Å². The number of hydrogen-bond donors (Lipinski definition) is 0. The van der Waals surface area contributed by atoms with Crippen LogP contribution in [0.3, 0.4) is 0 Å². The Balaban J connectivity index is 3.15. The van der Waals surface area contributed by atoms with Gasteiger partial charge in [-0.2, -0.15) is 0 Å². The van der Waals surface area contributed by atoms with Crippen molar-refractivity contribution in [2.24, 2.45) is 0 Å². The summed E-state index contributed by atoms with van der Waals surface area (Å²) in [5.41, 5.74) is -0.773. The molecule has 0 amide bonds. The first-order chi connectivity index (χ1) is 10.9.